The van der Waals surface area contributed by atoms with E-state index in [2.05, 4.69) is 20.8 Å². The van der Waals surface area contributed by atoms with Crippen molar-refractivity contribution in [2.75, 3.05) is 6.54 Å². The van der Waals surface area contributed by atoms with E-state index in [-0.39, 0.29) is 11.3 Å². The van der Waals surface area contributed by atoms with Crippen LogP contribution in [0.4, 0.5) is 0 Å². The standard InChI is InChI=1S/C14H27NO2/c1-13(2,3)9-8-12(17)15-10-6-7-11(16)14(15,4)5/h11,16H,6-10H2,1-5H3. The summed E-state index contributed by atoms with van der Waals surface area (Å²) in [6, 6.07) is 0. The Morgan fingerprint density at radius 3 is 2.53 bits per heavy atom. The molecular weight excluding hydrogens is 214 g/mol. The third-order valence-corrected chi connectivity index (χ3v) is 3.76. The van der Waals surface area contributed by atoms with Crippen molar-refractivity contribution in [3.63, 3.8) is 0 Å². The fourth-order valence-electron chi connectivity index (χ4n) is 2.33. The van der Waals surface area contributed by atoms with E-state index in [1.165, 1.54) is 0 Å². The zero-order valence-corrected chi connectivity index (χ0v) is 11.9. The summed E-state index contributed by atoms with van der Waals surface area (Å²) in [7, 11) is 0. The summed E-state index contributed by atoms with van der Waals surface area (Å²) >= 11 is 0. The van der Waals surface area contributed by atoms with E-state index in [9.17, 15) is 9.90 Å². The number of hydrogen-bond donors (Lipinski definition) is 1. The lowest BCUT2D eigenvalue weighted by molar-refractivity contribution is -0.146. The average Bonchev–Trinajstić information content (AvgIpc) is 2.17. The highest BCUT2D eigenvalue weighted by Crippen LogP contribution is 2.30. The number of nitrogens with zero attached hydrogens (tertiary/aromatic N) is 1. The predicted molar refractivity (Wildman–Crippen MR) is 69.7 cm³/mol. The third-order valence-electron chi connectivity index (χ3n) is 3.76. The van der Waals surface area contributed by atoms with E-state index >= 15 is 0 Å². The van der Waals surface area contributed by atoms with E-state index in [0.717, 1.165) is 25.8 Å². The number of piperidine rings is 1. The van der Waals surface area contributed by atoms with Gasteiger partial charge >= 0.3 is 0 Å². The van der Waals surface area contributed by atoms with Crippen LogP contribution >= 0.6 is 0 Å². The van der Waals surface area contributed by atoms with E-state index in [1.54, 1.807) is 0 Å². The molecule has 0 bridgehead atoms. The normalized spacial score (nSPS) is 24.8. The van der Waals surface area contributed by atoms with Crippen molar-refractivity contribution in [3.05, 3.63) is 0 Å². The molecule has 1 aliphatic heterocycles. The number of aliphatic hydroxyl groups is 1. The summed E-state index contributed by atoms with van der Waals surface area (Å²) in [5.74, 6) is 0.184. The molecule has 1 atom stereocenters. The van der Waals surface area contributed by atoms with Crippen molar-refractivity contribution < 1.29 is 9.90 Å². The Labute approximate surface area is 105 Å². The fourth-order valence-corrected chi connectivity index (χ4v) is 2.33. The Bertz CT molecular complexity index is 278. The van der Waals surface area contributed by atoms with Crippen LogP contribution < -0.4 is 0 Å². The molecule has 1 fully saturated rings. The highest BCUT2D eigenvalue weighted by atomic mass is 16.3. The molecule has 100 valence electrons. The summed E-state index contributed by atoms with van der Waals surface area (Å²) in [5.41, 5.74) is -0.221. The molecule has 1 heterocycles. The van der Waals surface area contributed by atoms with Gasteiger partial charge in [-0.15, -0.1) is 0 Å². The lowest BCUT2D eigenvalue weighted by Gasteiger charge is -2.46. The highest BCUT2D eigenvalue weighted by Gasteiger charge is 2.39. The average molecular weight is 241 g/mol. The van der Waals surface area contributed by atoms with Gasteiger partial charge in [0.05, 0.1) is 11.6 Å². The van der Waals surface area contributed by atoms with Gasteiger partial charge in [-0.05, 0) is 38.5 Å². The van der Waals surface area contributed by atoms with Crippen molar-refractivity contribution >= 4 is 5.91 Å². The van der Waals surface area contributed by atoms with Crippen molar-refractivity contribution in [1.82, 2.24) is 4.90 Å². The topological polar surface area (TPSA) is 40.5 Å². The Balaban J connectivity index is 2.62. The van der Waals surface area contributed by atoms with E-state index in [4.69, 9.17) is 0 Å². The number of carbonyl (C=O) groups excluding carboxylic acids is 1. The lowest BCUT2D eigenvalue weighted by Crippen LogP contribution is -2.58. The molecule has 0 spiro atoms. The first-order valence-corrected chi connectivity index (χ1v) is 6.63. The molecule has 3 heteroatoms. The van der Waals surface area contributed by atoms with Gasteiger partial charge in [0.25, 0.3) is 0 Å². The maximum absolute atomic E-state index is 12.2. The number of likely N-dealkylation sites (tertiary alicyclic amines) is 1. The molecule has 0 aliphatic carbocycles. The second-order valence-corrected chi connectivity index (χ2v) is 6.92. The van der Waals surface area contributed by atoms with Crippen LogP contribution in [-0.2, 0) is 4.79 Å². The van der Waals surface area contributed by atoms with Gasteiger partial charge in [0.1, 0.15) is 0 Å². The first kappa shape index (κ1) is 14.5. The van der Waals surface area contributed by atoms with Gasteiger partial charge in [0.15, 0.2) is 0 Å². The largest absolute Gasteiger partial charge is 0.391 e. The zero-order valence-electron chi connectivity index (χ0n) is 11.9. The van der Waals surface area contributed by atoms with E-state index in [1.807, 2.05) is 18.7 Å². The maximum atomic E-state index is 12.2. The molecule has 0 aromatic carbocycles. The van der Waals surface area contributed by atoms with Crippen LogP contribution in [0.5, 0.6) is 0 Å². The van der Waals surface area contributed by atoms with Crippen LogP contribution in [0, 0.1) is 5.41 Å². The molecule has 1 saturated heterocycles. The van der Waals surface area contributed by atoms with Crippen LogP contribution in [0.15, 0.2) is 0 Å². The Kier molecular flexibility index (Phi) is 4.23. The minimum atomic E-state index is -0.410. The summed E-state index contributed by atoms with van der Waals surface area (Å²) in [6.07, 6.45) is 2.80. The monoisotopic (exact) mass is 241 g/mol. The van der Waals surface area contributed by atoms with Crippen molar-refractivity contribution in [1.29, 1.82) is 0 Å². The van der Waals surface area contributed by atoms with Gasteiger partial charge < -0.3 is 10.0 Å². The van der Waals surface area contributed by atoms with Crippen LogP contribution in [-0.4, -0.2) is 34.1 Å². The van der Waals surface area contributed by atoms with Crippen LogP contribution in [0.1, 0.15) is 60.3 Å². The fraction of sp³-hybridized carbons (Fsp3) is 0.929. The Hall–Kier alpha value is -0.570. The molecule has 1 N–H and O–H groups in total. The van der Waals surface area contributed by atoms with Crippen molar-refractivity contribution in [2.24, 2.45) is 5.41 Å². The molecule has 0 aromatic heterocycles. The smallest absolute Gasteiger partial charge is 0.223 e. The van der Waals surface area contributed by atoms with E-state index < -0.39 is 11.6 Å². The highest BCUT2D eigenvalue weighted by molar-refractivity contribution is 5.77. The quantitative estimate of drug-likeness (QED) is 0.807. The molecule has 0 radical (unpaired) electrons. The second-order valence-electron chi connectivity index (χ2n) is 6.92. The molecule has 1 amide bonds. The van der Waals surface area contributed by atoms with Crippen molar-refractivity contribution in [2.45, 2.75) is 71.9 Å². The molecule has 17 heavy (non-hydrogen) atoms. The molecular formula is C14H27NO2. The number of aliphatic hydroxyl groups excluding tert-OH is 1. The summed E-state index contributed by atoms with van der Waals surface area (Å²) in [5, 5.41) is 9.99. The summed E-state index contributed by atoms with van der Waals surface area (Å²) in [4.78, 5) is 14.1. The molecule has 1 rings (SSSR count). The first-order chi connectivity index (χ1) is 7.64. The molecule has 1 aliphatic rings. The molecule has 1 unspecified atom stereocenters. The molecule has 0 saturated carbocycles. The van der Waals surface area contributed by atoms with Crippen molar-refractivity contribution in [3.8, 4) is 0 Å². The van der Waals surface area contributed by atoms with Gasteiger partial charge in [-0.1, -0.05) is 20.8 Å². The number of hydrogen-bond acceptors (Lipinski definition) is 2. The number of amides is 1. The predicted octanol–water partition coefficient (Wildman–Crippen LogP) is 2.57. The van der Waals surface area contributed by atoms with Gasteiger partial charge in [-0.25, -0.2) is 0 Å². The summed E-state index contributed by atoms with van der Waals surface area (Å²) in [6.45, 7) is 11.2. The Morgan fingerprint density at radius 1 is 1.41 bits per heavy atom. The van der Waals surface area contributed by atoms with Gasteiger partial charge in [-0.2, -0.15) is 0 Å². The molecule has 0 aromatic rings. The minimum absolute atomic E-state index is 0.184. The summed E-state index contributed by atoms with van der Waals surface area (Å²) < 4.78 is 0. The van der Waals surface area contributed by atoms with Gasteiger partial charge in [-0.3, -0.25) is 4.79 Å². The number of rotatable bonds is 2. The third kappa shape index (κ3) is 3.70. The van der Waals surface area contributed by atoms with Crippen LogP contribution in [0.3, 0.4) is 0 Å². The lowest BCUT2D eigenvalue weighted by atomic mass is 9.85. The minimum Gasteiger partial charge on any atom is -0.391 e. The van der Waals surface area contributed by atoms with E-state index in [0.29, 0.717) is 6.42 Å². The SMILES string of the molecule is CC(C)(C)CCC(=O)N1CCCC(O)C1(C)C. The van der Waals surface area contributed by atoms with Gasteiger partial charge in [0, 0.05) is 13.0 Å². The zero-order chi connectivity index (χ0) is 13.3. The van der Waals surface area contributed by atoms with Gasteiger partial charge in [0.2, 0.25) is 5.91 Å². The van der Waals surface area contributed by atoms with Crippen LogP contribution in [0.25, 0.3) is 0 Å². The first-order valence-electron chi connectivity index (χ1n) is 6.63. The molecule has 3 nitrogen and oxygen atoms in total. The number of carbonyl (C=O) groups is 1. The second kappa shape index (κ2) is 4.97. The Morgan fingerprint density at radius 2 is 2.00 bits per heavy atom. The van der Waals surface area contributed by atoms with Crippen LogP contribution in [0.2, 0.25) is 0 Å². The maximum Gasteiger partial charge on any atom is 0.223 e.